The molecule has 1 atom stereocenters. The first kappa shape index (κ1) is 18.6. The summed E-state index contributed by atoms with van der Waals surface area (Å²) < 4.78 is 0. The second-order valence-corrected chi connectivity index (χ2v) is 7.43. The van der Waals surface area contributed by atoms with Gasteiger partial charge in [0.2, 0.25) is 5.91 Å². The standard InChI is InChI=1S/C20H27N3O3/c1-14-7-10-22(11-8-14)15(2)13-21-18(24)9-12-23-19(25)16-5-3-4-6-17(16)20(23)26/h3-6,14-15H,7-13H2,1-2H3,(H,21,24). The van der Waals surface area contributed by atoms with Crippen molar-refractivity contribution in [3.8, 4) is 0 Å². The first-order valence-corrected chi connectivity index (χ1v) is 9.43. The molecule has 0 aromatic heterocycles. The van der Waals surface area contributed by atoms with Crippen LogP contribution in [0.25, 0.3) is 0 Å². The van der Waals surface area contributed by atoms with Crippen LogP contribution >= 0.6 is 0 Å². The Labute approximate surface area is 154 Å². The van der Waals surface area contributed by atoms with Crippen molar-refractivity contribution in [1.29, 1.82) is 0 Å². The lowest BCUT2D eigenvalue weighted by molar-refractivity contribution is -0.121. The van der Waals surface area contributed by atoms with Gasteiger partial charge < -0.3 is 5.32 Å². The van der Waals surface area contributed by atoms with Crippen LogP contribution < -0.4 is 5.32 Å². The summed E-state index contributed by atoms with van der Waals surface area (Å²) in [4.78, 5) is 40.3. The molecule has 1 aromatic carbocycles. The molecule has 0 spiro atoms. The van der Waals surface area contributed by atoms with Crippen molar-refractivity contribution in [2.45, 2.75) is 39.2 Å². The second-order valence-electron chi connectivity index (χ2n) is 7.43. The van der Waals surface area contributed by atoms with Gasteiger partial charge in [0.15, 0.2) is 0 Å². The summed E-state index contributed by atoms with van der Waals surface area (Å²) in [5.74, 6) is 0.0369. The van der Waals surface area contributed by atoms with Crippen LogP contribution in [0.1, 0.15) is 53.8 Å². The number of amides is 3. The Morgan fingerprint density at radius 3 is 2.31 bits per heavy atom. The molecule has 0 radical (unpaired) electrons. The van der Waals surface area contributed by atoms with Crippen LogP contribution in [0.2, 0.25) is 0 Å². The van der Waals surface area contributed by atoms with E-state index in [9.17, 15) is 14.4 Å². The number of hydrogen-bond donors (Lipinski definition) is 1. The average Bonchev–Trinajstić information content (AvgIpc) is 2.89. The maximum atomic E-state index is 12.3. The van der Waals surface area contributed by atoms with Gasteiger partial charge in [0.05, 0.1) is 11.1 Å². The van der Waals surface area contributed by atoms with Crippen molar-refractivity contribution in [3.63, 3.8) is 0 Å². The molecule has 3 rings (SSSR count). The van der Waals surface area contributed by atoms with E-state index in [0.717, 1.165) is 19.0 Å². The molecule has 2 aliphatic heterocycles. The van der Waals surface area contributed by atoms with Gasteiger partial charge in [-0.1, -0.05) is 19.1 Å². The summed E-state index contributed by atoms with van der Waals surface area (Å²) in [6.07, 6.45) is 2.55. The molecule has 1 aromatic rings. The first-order chi connectivity index (χ1) is 12.5. The van der Waals surface area contributed by atoms with Gasteiger partial charge in [0, 0.05) is 25.6 Å². The monoisotopic (exact) mass is 357 g/mol. The number of rotatable bonds is 6. The molecule has 3 amide bonds. The Balaban J connectivity index is 1.43. The van der Waals surface area contributed by atoms with E-state index in [2.05, 4.69) is 24.1 Å². The zero-order chi connectivity index (χ0) is 18.7. The van der Waals surface area contributed by atoms with E-state index in [0.29, 0.717) is 23.7 Å². The van der Waals surface area contributed by atoms with Gasteiger partial charge in [-0.2, -0.15) is 0 Å². The topological polar surface area (TPSA) is 69.7 Å². The van der Waals surface area contributed by atoms with Crippen molar-refractivity contribution in [2.24, 2.45) is 5.92 Å². The van der Waals surface area contributed by atoms with Gasteiger partial charge >= 0.3 is 0 Å². The summed E-state index contributed by atoms with van der Waals surface area (Å²) in [7, 11) is 0. The molecule has 2 aliphatic rings. The van der Waals surface area contributed by atoms with Crippen molar-refractivity contribution in [2.75, 3.05) is 26.2 Å². The molecule has 6 nitrogen and oxygen atoms in total. The van der Waals surface area contributed by atoms with Crippen LogP contribution in [-0.2, 0) is 4.79 Å². The van der Waals surface area contributed by atoms with Crippen LogP contribution in [0.15, 0.2) is 24.3 Å². The number of fused-ring (bicyclic) bond motifs is 1. The number of carbonyl (C=O) groups excluding carboxylic acids is 3. The summed E-state index contributed by atoms with van der Waals surface area (Å²) in [6.45, 7) is 7.27. The van der Waals surface area contributed by atoms with Gasteiger partial charge in [0.1, 0.15) is 0 Å². The molecule has 0 bridgehead atoms. The highest BCUT2D eigenvalue weighted by atomic mass is 16.2. The molecule has 26 heavy (non-hydrogen) atoms. The Hall–Kier alpha value is -2.21. The van der Waals surface area contributed by atoms with Gasteiger partial charge in [-0.05, 0) is 50.9 Å². The third-order valence-electron chi connectivity index (χ3n) is 5.48. The molecular formula is C20H27N3O3. The van der Waals surface area contributed by atoms with Crippen molar-refractivity contribution in [3.05, 3.63) is 35.4 Å². The summed E-state index contributed by atoms with van der Waals surface area (Å²) in [6, 6.07) is 7.07. The zero-order valence-corrected chi connectivity index (χ0v) is 15.5. The maximum Gasteiger partial charge on any atom is 0.261 e. The van der Waals surface area contributed by atoms with Crippen molar-refractivity contribution in [1.82, 2.24) is 15.1 Å². The minimum absolute atomic E-state index is 0.119. The lowest BCUT2D eigenvalue weighted by Gasteiger charge is -2.35. The molecule has 140 valence electrons. The fourth-order valence-electron chi connectivity index (χ4n) is 3.60. The largest absolute Gasteiger partial charge is 0.354 e. The highest BCUT2D eigenvalue weighted by Crippen LogP contribution is 2.22. The molecule has 1 fully saturated rings. The van der Waals surface area contributed by atoms with Crippen molar-refractivity contribution < 1.29 is 14.4 Å². The van der Waals surface area contributed by atoms with Crippen LogP contribution in [-0.4, -0.2) is 59.7 Å². The number of likely N-dealkylation sites (tertiary alicyclic amines) is 1. The Bertz CT molecular complexity index is 660. The third kappa shape index (κ3) is 3.96. The molecule has 1 unspecified atom stereocenters. The van der Waals surface area contributed by atoms with E-state index in [4.69, 9.17) is 0 Å². The average molecular weight is 357 g/mol. The lowest BCUT2D eigenvalue weighted by Crippen LogP contribution is -2.46. The normalized spacial score (nSPS) is 19.5. The van der Waals surface area contributed by atoms with E-state index in [1.807, 2.05) is 0 Å². The van der Waals surface area contributed by atoms with Crippen LogP contribution in [0.4, 0.5) is 0 Å². The number of carbonyl (C=O) groups is 3. The molecule has 2 heterocycles. The van der Waals surface area contributed by atoms with E-state index < -0.39 is 0 Å². The summed E-state index contributed by atoms with van der Waals surface area (Å²) in [5, 5.41) is 2.94. The molecule has 0 saturated carbocycles. The third-order valence-corrected chi connectivity index (χ3v) is 5.48. The fourth-order valence-corrected chi connectivity index (χ4v) is 3.60. The fraction of sp³-hybridized carbons (Fsp3) is 0.550. The first-order valence-electron chi connectivity index (χ1n) is 9.43. The number of nitrogens with zero attached hydrogens (tertiary/aromatic N) is 2. The van der Waals surface area contributed by atoms with Crippen LogP contribution in [0, 0.1) is 5.92 Å². The van der Waals surface area contributed by atoms with E-state index >= 15 is 0 Å². The maximum absolute atomic E-state index is 12.3. The van der Waals surface area contributed by atoms with Gasteiger partial charge in [-0.15, -0.1) is 0 Å². The van der Waals surface area contributed by atoms with Crippen molar-refractivity contribution >= 4 is 17.7 Å². The molecular weight excluding hydrogens is 330 g/mol. The molecule has 1 N–H and O–H groups in total. The molecule has 0 aliphatic carbocycles. The second kappa shape index (κ2) is 7.99. The summed E-state index contributed by atoms with van der Waals surface area (Å²) >= 11 is 0. The van der Waals surface area contributed by atoms with Crippen LogP contribution in [0.3, 0.4) is 0 Å². The lowest BCUT2D eigenvalue weighted by atomic mass is 9.98. The highest BCUT2D eigenvalue weighted by molar-refractivity contribution is 6.21. The molecule has 1 saturated heterocycles. The predicted octanol–water partition coefficient (Wildman–Crippen LogP) is 1.91. The van der Waals surface area contributed by atoms with Crippen LogP contribution in [0.5, 0.6) is 0 Å². The Morgan fingerprint density at radius 2 is 1.73 bits per heavy atom. The number of imide groups is 1. The van der Waals surface area contributed by atoms with E-state index in [1.54, 1.807) is 24.3 Å². The highest BCUT2D eigenvalue weighted by Gasteiger charge is 2.35. The van der Waals surface area contributed by atoms with E-state index in [-0.39, 0.29) is 30.7 Å². The zero-order valence-electron chi connectivity index (χ0n) is 15.5. The Morgan fingerprint density at radius 1 is 1.15 bits per heavy atom. The van der Waals surface area contributed by atoms with Gasteiger partial charge in [-0.3, -0.25) is 24.2 Å². The number of piperidine rings is 1. The predicted molar refractivity (Wildman–Crippen MR) is 98.9 cm³/mol. The number of benzene rings is 1. The minimum Gasteiger partial charge on any atom is -0.354 e. The SMILES string of the molecule is CC1CCN(C(C)CNC(=O)CCN2C(=O)c3ccccc3C2=O)CC1. The quantitative estimate of drug-likeness (QED) is 0.790. The van der Waals surface area contributed by atoms with Gasteiger partial charge in [0.25, 0.3) is 11.8 Å². The number of nitrogens with one attached hydrogen (secondary N) is 1. The minimum atomic E-state index is -0.311. The number of hydrogen-bond acceptors (Lipinski definition) is 4. The Kier molecular flexibility index (Phi) is 5.71. The van der Waals surface area contributed by atoms with Gasteiger partial charge in [-0.25, -0.2) is 0 Å². The smallest absolute Gasteiger partial charge is 0.261 e. The van der Waals surface area contributed by atoms with E-state index in [1.165, 1.54) is 17.7 Å². The summed E-state index contributed by atoms with van der Waals surface area (Å²) in [5.41, 5.74) is 0.844. The molecule has 6 heteroatoms.